The fourth-order valence-corrected chi connectivity index (χ4v) is 1.86. The number of hydrogen-bond acceptors (Lipinski definition) is 6. The SMILES string of the molecule is Cc1n([N+](=O)O)c([N+](=O)[O-])n[n+]1CC(=O)Nc1cccc(O)c1. The molecule has 0 unspecified atom stereocenters. The standard InChI is InChI=1S/C11H10N6O6/c1-7-14(13-11(16(20)21)15(7)17(22)23)6-10(19)12-8-3-2-4-9(18)5-8/h2-5H,6H2,1H3,(H-2,12,18,19,22,23)/p+2. The van der Waals surface area contributed by atoms with Gasteiger partial charge in [-0.3, -0.25) is 4.79 Å². The lowest BCUT2D eigenvalue weighted by Gasteiger charge is -2.02. The van der Waals surface area contributed by atoms with E-state index in [0.717, 1.165) is 4.68 Å². The van der Waals surface area contributed by atoms with E-state index in [-0.39, 0.29) is 11.6 Å². The smallest absolute Gasteiger partial charge is 0.508 e. The van der Waals surface area contributed by atoms with Gasteiger partial charge in [-0.25, -0.2) is 5.21 Å². The summed E-state index contributed by atoms with van der Waals surface area (Å²) < 4.78 is 1.18. The highest BCUT2D eigenvalue weighted by Gasteiger charge is 2.42. The molecule has 12 heteroatoms. The molecule has 12 nitrogen and oxygen atoms in total. The second-order valence-corrected chi connectivity index (χ2v) is 4.43. The molecule has 0 radical (unpaired) electrons. The summed E-state index contributed by atoms with van der Waals surface area (Å²) in [5.74, 6) is -1.71. The summed E-state index contributed by atoms with van der Waals surface area (Å²) in [6.45, 7) is 0.825. The van der Waals surface area contributed by atoms with Crippen LogP contribution in [0.5, 0.6) is 5.75 Å². The van der Waals surface area contributed by atoms with Crippen molar-refractivity contribution in [2.45, 2.75) is 13.5 Å². The third kappa shape index (κ3) is 3.37. The summed E-state index contributed by atoms with van der Waals surface area (Å²) in [5.41, 5.74) is 0.315. The molecule has 0 saturated carbocycles. The zero-order valence-electron chi connectivity index (χ0n) is 11.8. The van der Waals surface area contributed by atoms with Gasteiger partial charge in [0.1, 0.15) is 15.8 Å². The minimum Gasteiger partial charge on any atom is -0.508 e. The first kappa shape index (κ1) is 15.8. The van der Waals surface area contributed by atoms with E-state index in [1.54, 1.807) is 0 Å². The van der Waals surface area contributed by atoms with Crippen LogP contribution in [0.1, 0.15) is 5.82 Å². The summed E-state index contributed by atoms with van der Waals surface area (Å²) in [7, 11) is 0. The second kappa shape index (κ2) is 6.05. The minimum absolute atomic E-state index is 0.0474. The highest BCUT2D eigenvalue weighted by Crippen LogP contribution is 2.15. The van der Waals surface area contributed by atoms with Crippen molar-refractivity contribution in [1.82, 2.24) is 9.77 Å². The van der Waals surface area contributed by atoms with Crippen LogP contribution in [0.4, 0.5) is 11.6 Å². The molecule has 1 heterocycles. The predicted octanol–water partition coefficient (Wildman–Crippen LogP) is -0.337. The van der Waals surface area contributed by atoms with Crippen molar-refractivity contribution in [3.05, 3.63) is 45.1 Å². The number of aromatic hydroxyl groups is 1. The Morgan fingerprint density at radius 2 is 2.17 bits per heavy atom. The summed E-state index contributed by atoms with van der Waals surface area (Å²) in [6.07, 6.45) is 0. The number of phenols is 1. The van der Waals surface area contributed by atoms with E-state index >= 15 is 0 Å². The van der Waals surface area contributed by atoms with Crippen LogP contribution in [-0.4, -0.2) is 36.0 Å². The molecule has 2 rings (SSSR count). The van der Waals surface area contributed by atoms with Gasteiger partial charge in [-0.05, 0) is 17.1 Å². The number of nitrogens with one attached hydrogen (secondary N) is 1. The molecule has 2 aromatic rings. The molecule has 23 heavy (non-hydrogen) atoms. The summed E-state index contributed by atoms with van der Waals surface area (Å²) in [6, 6.07) is 5.78. The highest BCUT2D eigenvalue weighted by atomic mass is 16.7. The maximum Gasteiger partial charge on any atom is 0.574 e. The first-order valence-electron chi connectivity index (χ1n) is 6.18. The van der Waals surface area contributed by atoms with Crippen LogP contribution in [0.15, 0.2) is 24.3 Å². The number of aromatic nitrogens is 3. The Bertz CT molecular complexity index is 800. The van der Waals surface area contributed by atoms with Gasteiger partial charge in [0.2, 0.25) is 6.54 Å². The zero-order valence-corrected chi connectivity index (χ0v) is 11.8. The van der Waals surface area contributed by atoms with E-state index in [4.69, 9.17) is 5.21 Å². The Balaban J connectivity index is 2.23. The predicted molar refractivity (Wildman–Crippen MR) is 71.4 cm³/mol. The Morgan fingerprint density at radius 3 is 2.70 bits per heavy atom. The Labute approximate surface area is 127 Å². The lowest BCUT2D eigenvalue weighted by molar-refractivity contribution is -0.844. The molecular formula is C11H12N6O6+2. The van der Waals surface area contributed by atoms with Crippen LogP contribution < -0.4 is 10.00 Å². The molecule has 0 bridgehead atoms. The van der Waals surface area contributed by atoms with E-state index in [1.165, 1.54) is 31.2 Å². The summed E-state index contributed by atoms with van der Waals surface area (Å²) >= 11 is 0. The van der Waals surface area contributed by atoms with Gasteiger partial charge >= 0.3 is 16.8 Å². The number of hydrogen-bond donors (Lipinski definition) is 3. The molecule has 0 fully saturated rings. The monoisotopic (exact) mass is 324 g/mol. The highest BCUT2D eigenvalue weighted by molar-refractivity contribution is 5.89. The number of carbonyl (C=O) groups is 1. The Hall–Kier alpha value is -3.57. The normalized spacial score (nSPS) is 10.3. The number of amides is 1. The third-order valence-electron chi connectivity index (χ3n) is 2.84. The van der Waals surface area contributed by atoms with E-state index in [9.17, 15) is 24.9 Å². The van der Waals surface area contributed by atoms with Crippen molar-refractivity contribution in [1.29, 1.82) is 0 Å². The van der Waals surface area contributed by atoms with Crippen LogP contribution >= 0.6 is 0 Å². The topological polar surface area (TPSA) is 154 Å². The van der Waals surface area contributed by atoms with Gasteiger partial charge in [0.15, 0.2) is 4.68 Å². The molecular weight excluding hydrogens is 312 g/mol. The molecule has 0 aliphatic rings. The van der Waals surface area contributed by atoms with Crippen molar-refractivity contribution in [3.8, 4) is 5.75 Å². The number of anilines is 1. The molecule has 1 aromatic heterocycles. The van der Waals surface area contributed by atoms with Gasteiger partial charge in [-0.1, -0.05) is 10.7 Å². The average molecular weight is 324 g/mol. The van der Waals surface area contributed by atoms with E-state index in [0.29, 0.717) is 10.4 Å². The minimum atomic E-state index is -0.974. The molecule has 120 valence electrons. The fourth-order valence-electron chi connectivity index (χ4n) is 1.86. The van der Waals surface area contributed by atoms with Gasteiger partial charge in [-0.2, -0.15) is 0 Å². The largest absolute Gasteiger partial charge is 0.574 e. The third-order valence-corrected chi connectivity index (χ3v) is 2.84. The molecule has 0 aliphatic carbocycles. The Morgan fingerprint density at radius 1 is 1.48 bits per heavy atom. The van der Waals surface area contributed by atoms with E-state index in [1.807, 2.05) is 0 Å². The number of nitrogens with zero attached hydrogens (tertiary/aromatic N) is 5. The van der Waals surface area contributed by atoms with Crippen LogP contribution in [0, 0.1) is 21.9 Å². The molecule has 0 atom stereocenters. The molecule has 3 N–H and O–H groups in total. The maximum atomic E-state index is 11.9. The van der Waals surface area contributed by atoms with Crippen LogP contribution in [0.2, 0.25) is 0 Å². The quantitative estimate of drug-likeness (QED) is 0.386. The molecule has 0 spiro atoms. The number of benzene rings is 1. The van der Waals surface area contributed by atoms with Gasteiger partial charge in [0, 0.05) is 18.7 Å². The van der Waals surface area contributed by atoms with Gasteiger partial charge in [0.25, 0.3) is 5.91 Å². The van der Waals surface area contributed by atoms with Crippen LogP contribution in [0.3, 0.4) is 0 Å². The molecule has 1 amide bonds. The maximum absolute atomic E-state index is 11.9. The number of phenolic OH excluding ortho intramolecular Hbond substituents is 1. The van der Waals surface area contributed by atoms with Crippen molar-refractivity contribution < 1.29 is 29.7 Å². The molecule has 1 aromatic carbocycles. The van der Waals surface area contributed by atoms with Crippen LogP contribution in [0.25, 0.3) is 0 Å². The second-order valence-electron chi connectivity index (χ2n) is 4.43. The van der Waals surface area contributed by atoms with Gasteiger partial charge in [-0.15, -0.1) is 0 Å². The molecule has 0 aliphatic heterocycles. The lowest BCUT2D eigenvalue weighted by Crippen LogP contribution is -2.45. The Kier molecular flexibility index (Phi) is 4.16. The summed E-state index contributed by atoms with van der Waals surface area (Å²) in [4.78, 5) is 32.7. The first-order chi connectivity index (χ1) is 10.8. The van der Waals surface area contributed by atoms with Crippen molar-refractivity contribution in [3.63, 3.8) is 0 Å². The number of nitro groups is 1. The zero-order chi connectivity index (χ0) is 17.1. The first-order valence-corrected chi connectivity index (χ1v) is 6.18. The van der Waals surface area contributed by atoms with Gasteiger partial charge in [0.05, 0.1) is 0 Å². The van der Waals surface area contributed by atoms with Crippen molar-refractivity contribution in [2.75, 3.05) is 5.32 Å². The lowest BCUT2D eigenvalue weighted by atomic mass is 10.3. The van der Waals surface area contributed by atoms with Gasteiger partial charge < -0.3 is 20.5 Å². The average Bonchev–Trinajstić information content (AvgIpc) is 2.76. The van der Waals surface area contributed by atoms with E-state index in [2.05, 4.69) is 10.4 Å². The summed E-state index contributed by atoms with van der Waals surface area (Å²) in [5, 5.41) is 34.2. The van der Waals surface area contributed by atoms with E-state index < -0.39 is 28.4 Å². The van der Waals surface area contributed by atoms with Crippen LogP contribution in [-0.2, 0) is 11.3 Å². The van der Waals surface area contributed by atoms with Crippen molar-refractivity contribution in [2.24, 2.45) is 0 Å². The van der Waals surface area contributed by atoms with Crippen molar-refractivity contribution >= 4 is 17.5 Å². The molecule has 0 saturated heterocycles. The fraction of sp³-hybridized carbons (Fsp3) is 0.182. The number of carbonyl (C=O) groups excluding carboxylic acids is 1. The number of rotatable bonds is 5.